The van der Waals surface area contributed by atoms with Crippen molar-refractivity contribution in [2.75, 3.05) is 6.54 Å². The first kappa shape index (κ1) is 14.5. The van der Waals surface area contributed by atoms with E-state index in [1.807, 2.05) is 14.0 Å². The van der Waals surface area contributed by atoms with Crippen molar-refractivity contribution in [2.45, 2.75) is 46.6 Å². The number of unbranched alkanes of at least 4 members (excludes halogenated alkanes) is 1. The molecule has 0 spiro atoms. The predicted molar refractivity (Wildman–Crippen MR) is 73.4 cm³/mol. The average molecular weight is 258 g/mol. The lowest BCUT2D eigenvalue weighted by Crippen LogP contribution is -2.15. The smallest absolute Gasteiger partial charge is 0.131 e. The maximum absolute atomic E-state index is 6.16. The minimum atomic E-state index is 0.747. The summed E-state index contributed by atoms with van der Waals surface area (Å²) in [5.41, 5.74) is 2.14. The van der Waals surface area contributed by atoms with Crippen LogP contribution in [0, 0.1) is 12.8 Å². The molecule has 0 unspecified atom stereocenters. The second-order valence-electron chi connectivity index (χ2n) is 5.04. The van der Waals surface area contributed by atoms with Crippen LogP contribution in [0.15, 0.2) is 0 Å². The first-order chi connectivity index (χ1) is 8.02. The summed E-state index contributed by atoms with van der Waals surface area (Å²) >= 11 is 6.16. The molecule has 1 aromatic heterocycles. The van der Waals surface area contributed by atoms with Gasteiger partial charge in [-0.2, -0.15) is 5.10 Å². The van der Waals surface area contributed by atoms with Crippen LogP contribution >= 0.6 is 11.6 Å². The van der Waals surface area contributed by atoms with Crippen LogP contribution in [-0.2, 0) is 13.6 Å². The van der Waals surface area contributed by atoms with Crippen LogP contribution < -0.4 is 5.32 Å². The molecule has 0 bridgehead atoms. The van der Waals surface area contributed by atoms with Crippen molar-refractivity contribution in [3.63, 3.8) is 0 Å². The maximum Gasteiger partial charge on any atom is 0.131 e. The molecule has 17 heavy (non-hydrogen) atoms. The van der Waals surface area contributed by atoms with Crippen molar-refractivity contribution >= 4 is 11.6 Å². The van der Waals surface area contributed by atoms with Gasteiger partial charge in [-0.05, 0) is 25.8 Å². The normalized spacial score (nSPS) is 11.4. The van der Waals surface area contributed by atoms with Gasteiger partial charge in [-0.15, -0.1) is 0 Å². The molecular formula is C13H24ClN3. The minimum Gasteiger partial charge on any atom is -0.312 e. The van der Waals surface area contributed by atoms with Crippen molar-refractivity contribution in [1.82, 2.24) is 15.1 Å². The van der Waals surface area contributed by atoms with Gasteiger partial charge < -0.3 is 5.32 Å². The van der Waals surface area contributed by atoms with Crippen molar-refractivity contribution < 1.29 is 0 Å². The molecule has 0 aliphatic rings. The van der Waals surface area contributed by atoms with E-state index >= 15 is 0 Å². The Bertz CT molecular complexity index is 345. The van der Waals surface area contributed by atoms with Gasteiger partial charge in [0.25, 0.3) is 0 Å². The molecule has 0 fully saturated rings. The number of nitrogens with one attached hydrogen (secondary N) is 1. The van der Waals surface area contributed by atoms with Gasteiger partial charge in [0, 0.05) is 19.2 Å². The largest absolute Gasteiger partial charge is 0.312 e. The fourth-order valence-corrected chi connectivity index (χ4v) is 2.13. The number of aryl methyl sites for hydroxylation is 2. The van der Waals surface area contributed by atoms with Crippen molar-refractivity contribution in [1.29, 1.82) is 0 Å². The fourth-order valence-electron chi connectivity index (χ4n) is 1.89. The zero-order chi connectivity index (χ0) is 12.8. The molecule has 0 saturated heterocycles. The highest BCUT2D eigenvalue weighted by Gasteiger charge is 2.09. The summed E-state index contributed by atoms with van der Waals surface area (Å²) in [5.74, 6) is 0.810. The topological polar surface area (TPSA) is 29.9 Å². The monoisotopic (exact) mass is 257 g/mol. The van der Waals surface area contributed by atoms with E-state index in [0.29, 0.717) is 0 Å². The summed E-state index contributed by atoms with van der Waals surface area (Å²) in [7, 11) is 1.88. The summed E-state index contributed by atoms with van der Waals surface area (Å²) in [6, 6.07) is 0. The quantitative estimate of drug-likeness (QED) is 0.760. The predicted octanol–water partition coefficient (Wildman–Crippen LogP) is 3.30. The molecule has 0 aliphatic carbocycles. The SMILES string of the molecule is Cc1nn(C)c(Cl)c1CNCCCCC(C)C. The second-order valence-corrected chi connectivity index (χ2v) is 5.40. The molecule has 0 amide bonds. The van der Waals surface area contributed by atoms with Crippen molar-refractivity contribution in [3.05, 3.63) is 16.4 Å². The van der Waals surface area contributed by atoms with Gasteiger partial charge in [0.15, 0.2) is 0 Å². The Morgan fingerprint density at radius 3 is 2.59 bits per heavy atom. The third kappa shape index (κ3) is 4.68. The van der Waals surface area contributed by atoms with E-state index in [2.05, 4.69) is 24.3 Å². The molecule has 0 atom stereocenters. The summed E-state index contributed by atoms with van der Waals surface area (Å²) in [6.45, 7) is 8.41. The van der Waals surface area contributed by atoms with Crippen LogP contribution in [-0.4, -0.2) is 16.3 Å². The molecular weight excluding hydrogens is 234 g/mol. The molecule has 0 saturated carbocycles. The third-order valence-corrected chi connectivity index (χ3v) is 3.43. The zero-order valence-electron chi connectivity index (χ0n) is 11.4. The number of halogens is 1. The lowest BCUT2D eigenvalue weighted by atomic mass is 10.1. The van der Waals surface area contributed by atoms with E-state index in [1.54, 1.807) is 4.68 Å². The van der Waals surface area contributed by atoms with Crippen LogP contribution in [0.4, 0.5) is 0 Å². The van der Waals surface area contributed by atoms with Gasteiger partial charge in [-0.3, -0.25) is 4.68 Å². The van der Waals surface area contributed by atoms with E-state index in [-0.39, 0.29) is 0 Å². The second kappa shape index (κ2) is 7.02. The Balaban J connectivity index is 2.22. The average Bonchev–Trinajstić information content (AvgIpc) is 2.48. The first-order valence-electron chi connectivity index (χ1n) is 6.41. The Morgan fingerprint density at radius 1 is 1.35 bits per heavy atom. The first-order valence-corrected chi connectivity index (χ1v) is 6.78. The van der Waals surface area contributed by atoms with Crippen LogP contribution in [0.3, 0.4) is 0 Å². The summed E-state index contributed by atoms with van der Waals surface area (Å²) in [6.07, 6.45) is 3.84. The molecule has 1 N–H and O–H groups in total. The zero-order valence-corrected chi connectivity index (χ0v) is 12.1. The number of aromatic nitrogens is 2. The molecule has 4 heteroatoms. The number of rotatable bonds is 7. The number of hydrogen-bond acceptors (Lipinski definition) is 2. The van der Waals surface area contributed by atoms with Gasteiger partial charge in [-0.1, -0.05) is 38.3 Å². The number of hydrogen-bond donors (Lipinski definition) is 1. The minimum absolute atomic E-state index is 0.747. The van der Waals surface area contributed by atoms with E-state index in [1.165, 1.54) is 19.3 Å². The standard InChI is InChI=1S/C13H24ClN3/c1-10(2)7-5-6-8-15-9-12-11(3)16-17(4)13(12)14/h10,15H,5-9H2,1-4H3. The Kier molecular flexibility index (Phi) is 6.00. The molecule has 98 valence electrons. The van der Waals surface area contributed by atoms with E-state index < -0.39 is 0 Å². The highest BCUT2D eigenvalue weighted by Crippen LogP contribution is 2.18. The van der Waals surface area contributed by atoms with Crippen LogP contribution in [0.5, 0.6) is 0 Å². The molecule has 1 aromatic rings. The summed E-state index contributed by atoms with van der Waals surface area (Å²) in [4.78, 5) is 0. The molecule has 1 rings (SSSR count). The lowest BCUT2D eigenvalue weighted by Gasteiger charge is -2.06. The highest BCUT2D eigenvalue weighted by atomic mass is 35.5. The molecule has 1 heterocycles. The Morgan fingerprint density at radius 2 is 2.06 bits per heavy atom. The number of nitrogens with zero attached hydrogens (tertiary/aromatic N) is 2. The fraction of sp³-hybridized carbons (Fsp3) is 0.769. The summed E-state index contributed by atoms with van der Waals surface area (Å²) < 4.78 is 1.73. The van der Waals surface area contributed by atoms with E-state index in [4.69, 9.17) is 11.6 Å². The molecule has 0 aromatic carbocycles. The van der Waals surface area contributed by atoms with Crippen LogP contribution in [0.1, 0.15) is 44.4 Å². The van der Waals surface area contributed by atoms with Gasteiger partial charge in [0.2, 0.25) is 0 Å². The maximum atomic E-state index is 6.16. The van der Waals surface area contributed by atoms with Crippen molar-refractivity contribution in [3.8, 4) is 0 Å². The third-order valence-electron chi connectivity index (χ3n) is 2.96. The van der Waals surface area contributed by atoms with E-state index in [0.717, 1.165) is 35.4 Å². The molecule has 0 radical (unpaired) electrons. The highest BCUT2D eigenvalue weighted by molar-refractivity contribution is 6.30. The molecule has 3 nitrogen and oxygen atoms in total. The Hall–Kier alpha value is -0.540. The van der Waals surface area contributed by atoms with Crippen molar-refractivity contribution in [2.24, 2.45) is 13.0 Å². The van der Waals surface area contributed by atoms with Gasteiger partial charge in [-0.25, -0.2) is 0 Å². The van der Waals surface area contributed by atoms with Gasteiger partial charge in [0.1, 0.15) is 5.15 Å². The van der Waals surface area contributed by atoms with E-state index in [9.17, 15) is 0 Å². The van der Waals surface area contributed by atoms with Crippen LogP contribution in [0.25, 0.3) is 0 Å². The summed E-state index contributed by atoms with van der Waals surface area (Å²) in [5, 5.41) is 8.47. The Labute approximate surface area is 110 Å². The molecule has 0 aliphatic heterocycles. The van der Waals surface area contributed by atoms with Gasteiger partial charge >= 0.3 is 0 Å². The van der Waals surface area contributed by atoms with Crippen LogP contribution in [0.2, 0.25) is 5.15 Å². The van der Waals surface area contributed by atoms with Gasteiger partial charge in [0.05, 0.1) is 5.69 Å². The lowest BCUT2D eigenvalue weighted by molar-refractivity contribution is 0.520.